The van der Waals surface area contributed by atoms with Crippen molar-refractivity contribution in [2.45, 2.75) is 39.7 Å². The lowest BCUT2D eigenvalue weighted by Crippen LogP contribution is -2.16. The monoisotopic (exact) mass is 272 g/mol. The second kappa shape index (κ2) is 5.49. The van der Waals surface area contributed by atoms with E-state index in [1.54, 1.807) is 0 Å². The second-order valence-corrected chi connectivity index (χ2v) is 5.89. The van der Waals surface area contributed by atoms with E-state index < -0.39 is 0 Å². The molecule has 0 spiro atoms. The first-order valence-corrected chi connectivity index (χ1v) is 6.64. The summed E-state index contributed by atoms with van der Waals surface area (Å²) >= 11 is 0. The fraction of sp³-hybridized carbons (Fsp3) is 0.375. The van der Waals surface area contributed by atoms with Gasteiger partial charge in [-0.2, -0.15) is 4.98 Å². The van der Waals surface area contributed by atoms with Crippen molar-refractivity contribution in [1.82, 2.24) is 9.97 Å². The predicted octanol–water partition coefficient (Wildman–Crippen LogP) is 2.95. The zero-order chi connectivity index (χ0) is 14.8. The number of nitrogens with one attached hydrogen (secondary N) is 1. The smallest absolute Gasteiger partial charge is 0.345 e. The Morgan fingerprint density at radius 1 is 1.30 bits per heavy atom. The number of aromatic nitrogens is 2. The number of H-pyrrole nitrogens is 1. The van der Waals surface area contributed by atoms with Gasteiger partial charge in [0.15, 0.2) is 5.75 Å². The number of ether oxygens (including phenoxy) is 1. The van der Waals surface area contributed by atoms with Gasteiger partial charge in [0, 0.05) is 6.20 Å². The van der Waals surface area contributed by atoms with E-state index in [1.807, 2.05) is 0 Å². The van der Waals surface area contributed by atoms with Crippen LogP contribution in [0.2, 0.25) is 0 Å². The van der Waals surface area contributed by atoms with Crippen LogP contribution in [0.5, 0.6) is 5.75 Å². The lowest BCUT2D eigenvalue weighted by Gasteiger charge is -2.24. The maximum atomic E-state index is 10.9. The first-order chi connectivity index (χ1) is 9.38. The quantitative estimate of drug-likeness (QED) is 0.934. The van der Waals surface area contributed by atoms with Crippen LogP contribution in [-0.2, 0) is 12.0 Å². The largest absolute Gasteiger partial charge is 0.486 e. The van der Waals surface area contributed by atoms with Crippen molar-refractivity contribution in [3.05, 3.63) is 57.8 Å². The van der Waals surface area contributed by atoms with Crippen LogP contribution in [0.25, 0.3) is 0 Å². The van der Waals surface area contributed by atoms with E-state index in [0.29, 0.717) is 12.4 Å². The standard InChI is InChI=1S/C16H20N2O2/c1-11-6-5-7-14(16(2,3)4)13(11)10-20-12-8-17-15(19)18-9-12/h5-9H,10H2,1-4H3,(H,17,18,19). The first kappa shape index (κ1) is 14.3. The number of benzene rings is 1. The van der Waals surface area contributed by atoms with Gasteiger partial charge >= 0.3 is 5.69 Å². The van der Waals surface area contributed by atoms with Gasteiger partial charge in [0.25, 0.3) is 0 Å². The summed E-state index contributed by atoms with van der Waals surface area (Å²) in [6, 6.07) is 6.29. The van der Waals surface area contributed by atoms with Crippen molar-refractivity contribution >= 4 is 0 Å². The van der Waals surface area contributed by atoms with Crippen molar-refractivity contribution in [3.63, 3.8) is 0 Å². The molecule has 2 aromatic rings. The molecule has 0 saturated heterocycles. The third-order valence-corrected chi connectivity index (χ3v) is 3.25. The van der Waals surface area contributed by atoms with E-state index in [1.165, 1.54) is 29.1 Å². The van der Waals surface area contributed by atoms with Gasteiger partial charge in [0.2, 0.25) is 0 Å². The lowest BCUT2D eigenvalue weighted by molar-refractivity contribution is 0.299. The Bertz CT molecular complexity index is 634. The molecular weight excluding hydrogens is 252 g/mol. The van der Waals surface area contributed by atoms with Crippen LogP contribution in [0.3, 0.4) is 0 Å². The molecule has 106 valence electrons. The molecule has 4 nitrogen and oxygen atoms in total. The fourth-order valence-corrected chi connectivity index (χ4v) is 2.16. The topological polar surface area (TPSA) is 55.0 Å². The average Bonchev–Trinajstić information content (AvgIpc) is 2.38. The molecule has 4 heteroatoms. The summed E-state index contributed by atoms with van der Waals surface area (Å²) in [5.41, 5.74) is 3.35. The Kier molecular flexibility index (Phi) is 3.93. The highest BCUT2D eigenvalue weighted by molar-refractivity contribution is 5.38. The zero-order valence-electron chi connectivity index (χ0n) is 12.4. The van der Waals surface area contributed by atoms with E-state index >= 15 is 0 Å². The highest BCUT2D eigenvalue weighted by atomic mass is 16.5. The molecule has 20 heavy (non-hydrogen) atoms. The van der Waals surface area contributed by atoms with Crippen LogP contribution in [0.15, 0.2) is 35.4 Å². The van der Waals surface area contributed by atoms with Crippen LogP contribution in [0, 0.1) is 6.92 Å². The Hall–Kier alpha value is -2.10. The molecule has 0 amide bonds. The number of aryl methyl sites for hydroxylation is 1. The van der Waals surface area contributed by atoms with Crippen LogP contribution < -0.4 is 10.4 Å². The summed E-state index contributed by atoms with van der Waals surface area (Å²) in [5, 5.41) is 0. The molecule has 1 N–H and O–H groups in total. The molecule has 0 saturated carbocycles. The number of rotatable bonds is 3. The Morgan fingerprint density at radius 2 is 2.05 bits per heavy atom. The molecule has 0 aliphatic carbocycles. The molecule has 1 heterocycles. The summed E-state index contributed by atoms with van der Waals surface area (Å²) in [5.74, 6) is 0.563. The second-order valence-electron chi connectivity index (χ2n) is 5.89. The van der Waals surface area contributed by atoms with Crippen LogP contribution in [-0.4, -0.2) is 9.97 Å². The minimum Gasteiger partial charge on any atom is -0.486 e. The number of aromatic amines is 1. The van der Waals surface area contributed by atoms with Gasteiger partial charge in [0.05, 0.1) is 6.20 Å². The average molecular weight is 272 g/mol. The van der Waals surface area contributed by atoms with Crippen LogP contribution >= 0.6 is 0 Å². The van der Waals surface area contributed by atoms with Crippen molar-refractivity contribution in [3.8, 4) is 5.75 Å². The predicted molar refractivity (Wildman–Crippen MR) is 79.1 cm³/mol. The third-order valence-electron chi connectivity index (χ3n) is 3.25. The molecule has 0 bridgehead atoms. The van der Waals surface area contributed by atoms with E-state index in [2.05, 4.69) is 55.9 Å². The highest BCUT2D eigenvalue weighted by Gasteiger charge is 2.19. The van der Waals surface area contributed by atoms with Crippen LogP contribution in [0.4, 0.5) is 0 Å². The Labute approximate surface area is 118 Å². The number of hydrogen-bond acceptors (Lipinski definition) is 3. The maximum Gasteiger partial charge on any atom is 0.345 e. The van der Waals surface area contributed by atoms with E-state index in [9.17, 15) is 4.79 Å². The van der Waals surface area contributed by atoms with Crippen molar-refractivity contribution < 1.29 is 4.74 Å². The molecule has 0 radical (unpaired) electrons. The number of nitrogens with zero attached hydrogens (tertiary/aromatic N) is 1. The van der Waals surface area contributed by atoms with E-state index in [4.69, 9.17) is 4.74 Å². The van der Waals surface area contributed by atoms with Gasteiger partial charge in [-0.3, -0.25) is 0 Å². The van der Waals surface area contributed by atoms with Gasteiger partial charge in [-0.25, -0.2) is 4.79 Å². The molecule has 0 aliphatic rings. The van der Waals surface area contributed by atoms with Gasteiger partial charge in [-0.15, -0.1) is 0 Å². The SMILES string of the molecule is Cc1cccc(C(C)(C)C)c1COc1cnc(=O)[nH]c1. The summed E-state index contributed by atoms with van der Waals surface area (Å²) in [6.45, 7) is 9.11. The first-order valence-electron chi connectivity index (χ1n) is 6.64. The number of hydrogen-bond donors (Lipinski definition) is 1. The van der Waals surface area contributed by atoms with Gasteiger partial charge in [0.1, 0.15) is 6.61 Å². The molecule has 2 rings (SSSR count). The summed E-state index contributed by atoms with van der Waals surface area (Å²) in [6.07, 6.45) is 2.97. The minimum atomic E-state index is -0.372. The molecule has 1 aromatic carbocycles. The molecular formula is C16H20N2O2. The Balaban J connectivity index is 2.25. The Morgan fingerprint density at radius 3 is 2.65 bits per heavy atom. The lowest BCUT2D eigenvalue weighted by atomic mass is 9.82. The molecule has 1 aromatic heterocycles. The van der Waals surface area contributed by atoms with Gasteiger partial charge < -0.3 is 9.72 Å². The van der Waals surface area contributed by atoms with Gasteiger partial charge in [-0.1, -0.05) is 39.0 Å². The molecule has 0 unspecified atom stereocenters. The minimum absolute atomic E-state index is 0.0635. The molecule has 0 fully saturated rings. The third kappa shape index (κ3) is 3.26. The van der Waals surface area contributed by atoms with Crippen LogP contribution in [0.1, 0.15) is 37.5 Å². The summed E-state index contributed by atoms with van der Waals surface area (Å²) < 4.78 is 5.73. The fourth-order valence-electron chi connectivity index (χ4n) is 2.16. The van der Waals surface area contributed by atoms with Crippen molar-refractivity contribution in [1.29, 1.82) is 0 Å². The normalized spacial score (nSPS) is 11.4. The van der Waals surface area contributed by atoms with Gasteiger partial charge in [-0.05, 0) is 29.0 Å². The zero-order valence-corrected chi connectivity index (χ0v) is 12.4. The summed E-state index contributed by atoms with van der Waals surface area (Å²) in [7, 11) is 0. The highest BCUT2D eigenvalue weighted by Crippen LogP contribution is 2.28. The maximum absolute atomic E-state index is 10.9. The van der Waals surface area contributed by atoms with E-state index in [-0.39, 0.29) is 11.1 Å². The molecule has 0 aliphatic heterocycles. The summed E-state index contributed by atoms with van der Waals surface area (Å²) in [4.78, 5) is 17.1. The molecule has 0 atom stereocenters. The van der Waals surface area contributed by atoms with Crippen molar-refractivity contribution in [2.75, 3.05) is 0 Å². The van der Waals surface area contributed by atoms with Crippen molar-refractivity contribution in [2.24, 2.45) is 0 Å². The van der Waals surface area contributed by atoms with E-state index in [0.717, 1.165) is 0 Å².